The molecule has 2 aliphatic rings. The van der Waals surface area contributed by atoms with Crippen molar-refractivity contribution >= 4 is 52.4 Å². The van der Waals surface area contributed by atoms with E-state index in [9.17, 15) is 22.8 Å². The Kier molecular flexibility index (Phi) is 7.16. The van der Waals surface area contributed by atoms with Crippen LogP contribution in [0, 0.1) is 6.92 Å². The van der Waals surface area contributed by atoms with Gasteiger partial charge in [-0.3, -0.25) is 14.4 Å². The van der Waals surface area contributed by atoms with Crippen LogP contribution in [0.1, 0.15) is 40.4 Å². The molecule has 1 fully saturated rings. The van der Waals surface area contributed by atoms with Crippen molar-refractivity contribution in [1.82, 2.24) is 10.4 Å². The summed E-state index contributed by atoms with van der Waals surface area (Å²) in [4.78, 5) is 30.2. The molecule has 2 aromatic rings. The molecule has 2 aliphatic heterocycles. The van der Waals surface area contributed by atoms with Gasteiger partial charge in [0.15, 0.2) is 0 Å². The molecule has 0 saturated carbocycles. The lowest BCUT2D eigenvalue weighted by Crippen LogP contribution is -2.42. The van der Waals surface area contributed by atoms with Gasteiger partial charge in [0.05, 0.1) is 0 Å². The van der Waals surface area contributed by atoms with Crippen molar-refractivity contribution in [1.29, 1.82) is 0 Å². The van der Waals surface area contributed by atoms with Crippen LogP contribution in [0.3, 0.4) is 0 Å². The first kappa shape index (κ1) is 25.9. The van der Waals surface area contributed by atoms with E-state index in [1.807, 2.05) is 0 Å². The summed E-state index contributed by atoms with van der Waals surface area (Å²) in [5.41, 5.74) is 1.93. The number of thioether (sulfide) groups is 1. The van der Waals surface area contributed by atoms with Crippen LogP contribution in [-0.2, 0) is 14.4 Å². The fourth-order valence-corrected chi connectivity index (χ4v) is 5.87. The lowest BCUT2D eigenvalue weighted by atomic mass is 9.87. The summed E-state index contributed by atoms with van der Waals surface area (Å²) in [6, 6.07) is 8.01. The zero-order valence-corrected chi connectivity index (χ0v) is 21.0. The van der Waals surface area contributed by atoms with Gasteiger partial charge in [0.2, 0.25) is 0 Å². The number of hydroxylamine groups is 2. The van der Waals surface area contributed by atoms with E-state index in [1.54, 1.807) is 32.0 Å². The van der Waals surface area contributed by atoms with E-state index in [4.69, 9.17) is 28.0 Å². The van der Waals surface area contributed by atoms with Crippen LogP contribution in [0.5, 0.6) is 0 Å². The molecule has 35 heavy (non-hydrogen) atoms. The standard InChI is InChI=1S/C24H21Cl2F3N2O3S/c1-3-31-22(33)20(11-34-31)30-21(32)19-5-4-14(6-13(19)2)15-10-23(35-12-15,24(27,28)29)16-7-17(25)9-18(26)8-16/h4-9,12,20H,3,10-11H2,1-2H3,(H,30,32)/t20?,23-/m0/s1. The Morgan fingerprint density at radius 3 is 2.49 bits per heavy atom. The first-order chi connectivity index (χ1) is 16.4. The Bertz CT molecular complexity index is 1200. The number of carbonyl (C=O) groups is 2. The van der Waals surface area contributed by atoms with Crippen molar-refractivity contribution in [2.24, 2.45) is 0 Å². The second-order valence-electron chi connectivity index (χ2n) is 8.31. The minimum absolute atomic E-state index is 0.0176. The van der Waals surface area contributed by atoms with Gasteiger partial charge in [-0.15, -0.1) is 11.8 Å². The highest BCUT2D eigenvalue weighted by Gasteiger charge is 2.58. The second-order valence-corrected chi connectivity index (χ2v) is 10.3. The number of aryl methyl sites for hydroxylation is 1. The summed E-state index contributed by atoms with van der Waals surface area (Å²) in [5.74, 6) is -0.783. The van der Waals surface area contributed by atoms with Crippen molar-refractivity contribution in [3.8, 4) is 0 Å². The number of carbonyl (C=O) groups excluding carboxylic acids is 2. The summed E-state index contributed by atoms with van der Waals surface area (Å²) in [6.07, 6.45) is -4.88. The van der Waals surface area contributed by atoms with E-state index in [0.29, 0.717) is 40.6 Å². The van der Waals surface area contributed by atoms with Gasteiger partial charge < -0.3 is 5.32 Å². The summed E-state index contributed by atoms with van der Waals surface area (Å²) < 4.78 is 40.8. The average molecular weight is 545 g/mol. The molecule has 186 valence electrons. The number of allylic oxidation sites excluding steroid dienone is 1. The van der Waals surface area contributed by atoms with Crippen LogP contribution in [-0.4, -0.2) is 42.2 Å². The Morgan fingerprint density at radius 2 is 1.91 bits per heavy atom. The normalized spacial score (nSPS) is 22.5. The zero-order chi connectivity index (χ0) is 25.5. The Balaban J connectivity index is 1.56. The SMILES string of the molecule is CCN1OCC(NC(=O)c2ccc(C3=CS[C@@](c4cc(Cl)cc(Cl)c4)(C(F)(F)F)C3)cc2C)C1=O. The Hall–Kier alpha value is -2.20. The zero-order valence-electron chi connectivity index (χ0n) is 18.7. The molecule has 2 amide bonds. The van der Waals surface area contributed by atoms with Crippen LogP contribution in [0.2, 0.25) is 10.0 Å². The molecule has 0 aliphatic carbocycles. The number of halogens is 5. The molecule has 2 heterocycles. The maximum atomic E-state index is 14.3. The minimum Gasteiger partial charge on any atom is -0.338 e. The number of hydrogen-bond acceptors (Lipinski definition) is 4. The smallest absolute Gasteiger partial charge is 0.338 e. The molecule has 5 nitrogen and oxygen atoms in total. The molecule has 2 aromatic carbocycles. The van der Waals surface area contributed by atoms with E-state index >= 15 is 0 Å². The Morgan fingerprint density at radius 1 is 1.23 bits per heavy atom. The topological polar surface area (TPSA) is 58.6 Å². The Labute approximate surface area is 214 Å². The van der Waals surface area contributed by atoms with Gasteiger partial charge in [-0.2, -0.15) is 13.2 Å². The number of nitrogens with zero attached hydrogens (tertiary/aromatic N) is 1. The molecule has 11 heteroatoms. The second kappa shape index (κ2) is 9.69. The summed E-state index contributed by atoms with van der Waals surface area (Å²) in [5, 5.41) is 5.59. The first-order valence-electron chi connectivity index (χ1n) is 10.7. The van der Waals surface area contributed by atoms with E-state index in [-0.39, 0.29) is 34.5 Å². The molecular formula is C24H21Cl2F3N2O3S. The molecule has 0 bridgehead atoms. The van der Waals surface area contributed by atoms with Crippen LogP contribution in [0.4, 0.5) is 13.2 Å². The number of likely N-dealkylation sites (N-methyl/N-ethyl adjacent to an activating group) is 1. The summed E-state index contributed by atoms with van der Waals surface area (Å²) >= 11 is 12.7. The quantitative estimate of drug-likeness (QED) is 0.491. The molecule has 1 saturated heterocycles. The van der Waals surface area contributed by atoms with Gasteiger partial charge in [0.1, 0.15) is 17.4 Å². The fraction of sp³-hybridized carbons (Fsp3) is 0.333. The fourth-order valence-electron chi connectivity index (χ4n) is 4.16. The van der Waals surface area contributed by atoms with E-state index < -0.39 is 22.9 Å². The van der Waals surface area contributed by atoms with Crippen molar-refractivity contribution < 1.29 is 27.6 Å². The van der Waals surface area contributed by atoms with Crippen molar-refractivity contribution in [2.75, 3.05) is 13.2 Å². The van der Waals surface area contributed by atoms with Gasteiger partial charge in [0, 0.05) is 28.6 Å². The van der Waals surface area contributed by atoms with E-state index in [0.717, 1.165) is 0 Å². The number of hydrogen-bond donors (Lipinski definition) is 1. The monoisotopic (exact) mass is 544 g/mol. The molecule has 1 N–H and O–H groups in total. The van der Waals surface area contributed by atoms with Crippen molar-refractivity contribution in [3.05, 3.63) is 74.1 Å². The van der Waals surface area contributed by atoms with Crippen LogP contribution < -0.4 is 5.32 Å². The molecule has 0 radical (unpaired) electrons. The van der Waals surface area contributed by atoms with Crippen LogP contribution >= 0.6 is 35.0 Å². The van der Waals surface area contributed by atoms with Gasteiger partial charge in [-0.1, -0.05) is 35.3 Å². The van der Waals surface area contributed by atoms with Gasteiger partial charge in [0.25, 0.3) is 11.8 Å². The highest BCUT2D eigenvalue weighted by molar-refractivity contribution is 8.03. The maximum absolute atomic E-state index is 14.3. The van der Waals surface area contributed by atoms with Crippen molar-refractivity contribution in [3.63, 3.8) is 0 Å². The number of amides is 2. The highest BCUT2D eigenvalue weighted by atomic mass is 35.5. The van der Waals surface area contributed by atoms with E-state index in [1.165, 1.54) is 28.7 Å². The number of nitrogens with one attached hydrogen (secondary N) is 1. The lowest BCUT2D eigenvalue weighted by Gasteiger charge is -2.32. The maximum Gasteiger partial charge on any atom is 0.407 e. The third-order valence-electron chi connectivity index (χ3n) is 6.00. The summed E-state index contributed by atoms with van der Waals surface area (Å²) in [6.45, 7) is 3.87. The van der Waals surface area contributed by atoms with Gasteiger partial charge in [-0.05, 0) is 65.8 Å². The third kappa shape index (κ3) is 4.91. The largest absolute Gasteiger partial charge is 0.407 e. The number of alkyl halides is 3. The molecule has 2 atom stereocenters. The molecular weight excluding hydrogens is 524 g/mol. The predicted octanol–water partition coefficient (Wildman–Crippen LogP) is 6.13. The average Bonchev–Trinajstić information content (AvgIpc) is 3.38. The van der Waals surface area contributed by atoms with Crippen LogP contribution in [0.15, 0.2) is 41.8 Å². The van der Waals surface area contributed by atoms with Gasteiger partial charge in [-0.25, -0.2) is 5.06 Å². The minimum atomic E-state index is -4.57. The van der Waals surface area contributed by atoms with Crippen molar-refractivity contribution in [2.45, 2.75) is 37.2 Å². The van der Waals surface area contributed by atoms with E-state index in [2.05, 4.69) is 5.32 Å². The number of benzene rings is 2. The highest BCUT2D eigenvalue weighted by Crippen LogP contribution is 2.60. The summed E-state index contributed by atoms with van der Waals surface area (Å²) in [7, 11) is 0. The number of rotatable bonds is 5. The lowest BCUT2D eigenvalue weighted by molar-refractivity contribution is -0.160. The van der Waals surface area contributed by atoms with Crippen LogP contribution in [0.25, 0.3) is 5.57 Å². The molecule has 0 spiro atoms. The molecule has 0 aromatic heterocycles. The first-order valence-corrected chi connectivity index (χ1v) is 12.3. The van der Waals surface area contributed by atoms with Gasteiger partial charge >= 0.3 is 6.18 Å². The predicted molar refractivity (Wildman–Crippen MR) is 130 cm³/mol. The molecule has 1 unspecified atom stereocenters. The molecule has 4 rings (SSSR count). The third-order valence-corrected chi connectivity index (χ3v) is 7.86.